The van der Waals surface area contributed by atoms with Gasteiger partial charge < -0.3 is 16.0 Å². The van der Waals surface area contributed by atoms with Crippen molar-refractivity contribution < 1.29 is 14.4 Å². The minimum absolute atomic E-state index is 0.00730. The van der Waals surface area contributed by atoms with Gasteiger partial charge in [-0.25, -0.2) is 0 Å². The van der Waals surface area contributed by atoms with Crippen molar-refractivity contribution in [1.82, 2.24) is 10.6 Å². The Morgan fingerprint density at radius 3 is 2.48 bits per heavy atom. The summed E-state index contributed by atoms with van der Waals surface area (Å²) in [6, 6.07) is 6.69. The Balaban J connectivity index is 1.89. The molecule has 2 rings (SSSR count). The van der Waals surface area contributed by atoms with Gasteiger partial charge in [0.2, 0.25) is 11.8 Å². The number of hydrogen-bond acceptors (Lipinski definition) is 3. The Hall–Kier alpha value is -2.37. The molecular formula is C17H23N3O3. The van der Waals surface area contributed by atoms with Crippen LogP contribution in [-0.4, -0.2) is 29.8 Å². The summed E-state index contributed by atoms with van der Waals surface area (Å²) in [6.45, 7) is 5.53. The van der Waals surface area contributed by atoms with Crippen LogP contribution in [0, 0.1) is 5.92 Å². The zero-order chi connectivity index (χ0) is 17.0. The summed E-state index contributed by atoms with van der Waals surface area (Å²) in [4.78, 5) is 35.5. The van der Waals surface area contributed by atoms with Crippen LogP contribution in [-0.2, 0) is 9.59 Å². The standard InChI is InChI=1S/C17H23N3O3/c1-17(2,3)20-14(21)10-18-15(22)12-5-4-6-13(9-12)19-16(23)11-7-8-11/h4-6,9,11H,7-8,10H2,1-3H3,(H,18,22)(H,19,23)(H,20,21). The van der Waals surface area contributed by atoms with Crippen molar-refractivity contribution >= 4 is 23.4 Å². The fourth-order valence-electron chi connectivity index (χ4n) is 2.05. The summed E-state index contributed by atoms with van der Waals surface area (Å²) in [5.41, 5.74) is 0.658. The average molecular weight is 317 g/mol. The average Bonchev–Trinajstić information content (AvgIpc) is 3.27. The lowest BCUT2D eigenvalue weighted by Gasteiger charge is -2.20. The highest BCUT2D eigenvalue weighted by atomic mass is 16.2. The minimum atomic E-state index is -0.350. The molecule has 3 amide bonds. The van der Waals surface area contributed by atoms with Gasteiger partial charge in [-0.15, -0.1) is 0 Å². The summed E-state index contributed by atoms with van der Waals surface area (Å²) in [6.07, 6.45) is 1.85. The van der Waals surface area contributed by atoms with Crippen LogP contribution < -0.4 is 16.0 Å². The summed E-state index contributed by atoms with van der Waals surface area (Å²) in [7, 11) is 0. The number of hydrogen-bond donors (Lipinski definition) is 3. The Labute approximate surface area is 136 Å². The third-order valence-corrected chi connectivity index (χ3v) is 3.26. The van der Waals surface area contributed by atoms with Crippen molar-refractivity contribution in [1.29, 1.82) is 0 Å². The summed E-state index contributed by atoms with van der Waals surface area (Å²) in [5.74, 6) is -0.499. The maximum absolute atomic E-state index is 12.1. The maximum Gasteiger partial charge on any atom is 0.251 e. The molecule has 0 atom stereocenters. The van der Waals surface area contributed by atoms with E-state index in [1.807, 2.05) is 20.8 Å². The van der Waals surface area contributed by atoms with Crippen molar-refractivity contribution in [2.45, 2.75) is 39.2 Å². The number of carbonyl (C=O) groups excluding carboxylic acids is 3. The first kappa shape index (κ1) is 17.0. The topological polar surface area (TPSA) is 87.3 Å². The number of benzene rings is 1. The van der Waals surface area contributed by atoms with Gasteiger partial charge >= 0.3 is 0 Å². The van der Waals surface area contributed by atoms with E-state index in [-0.39, 0.29) is 35.7 Å². The molecule has 1 fully saturated rings. The lowest BCUT2D eigenvalue weighted by Crippen LogP contribution is -2.45. The van der Waals surface area contributed by atoms with Gasteiger partial charge in [0, 0.05) is 22.7 Å². The Bertz CT molecular complexity index is 616. The molecule has 0 radical (unpaired) electrons. The van der Waals surface area contributed by atoms with Crippen LogP contribution in [0.15, 0.2) is 24.3 Å². The fraction of sp³-hybridized carbons (Fsp3) is 0.471. The summed E-state index contributed by atoms with van der Waals surface area (Å²) in [5, 5.41) is 8.14. The summed E-state index contributed by atoms with van der Waals surface area (Å²) < 4.78 is 0. The predicted octanol–water partition coefficient (Wildman–Crippen LogP) is 1.68. The van der Waals surface area contributed by atoms with Crippen LogP contribution in [0.5, 0.6) is 0 Å². The zero-order valence-corrected chi connectivity index (χ0v) is 13.7. The van der Waals surface area contributed by atoms with Gasteiger partial charge in [-0.2, -0.15) is 0 Å². The van der Waals surface area contributed by atoms with Gasteiger partial charge in [-0.3, -0.25) is 14.4 Å². The molecule has 1 aromatic carbocycles. The SMILES string of the molecule is CC(C)(C)NC(=O)CNC(=O)c1cccc(NC(=O)C2CC2)c1. The smallest absolute Gasteiger partial charge is 0.251 e. The highest BCUT2D eigenvalue weighted by Gasteiger charge is 2.29. The molecule has 0 unspecified atom stereocenters. The van der Waals surface area contributed by atoms with E-state index < -0.39 is 0 Å². The molecule has 1 aromatic rings. The number of amides is 3. The molecule has 0 saturated heterocycles. The molecule has 0 aliphatic heterocycles. The molecule has 6 nitrogen and oxygen atoms in total. The Kier molecular flexibility index (Phi) is 5.03. The molecule has 3 N–H and O–H groups in total. The maximum atomic E-state index is 12.1. The van der Waals surface area contributed by atoms with E-state index >= 15 is 0 Å². The Morgan fingerprint density at radius 2 is 1.87 bits per heavy atom. The largest absolute Gasteiger partial charge is 0.350 e. The number of anilines is 1. The van der Waals surface area contributed by atoms with Crippen LogP contribution in [0.2, 0.25) is 0 Å². The number of rotatable bonds is 5. The van der Waals surface area contributed by atoms with E-state index in [0.29, 0.717) is 11.3 Å². The van der Waals surface area contributed by atoms with Crippen LogP contribution in [0.4, 0.5) is 5.69 Å². The van der Waals surface area contributed by atoms with Crippen LogP contribution in [0.25, 0.3) is 0 Å². The van der Waals surface area contributed by atoms with Crippen LogP contribution >= 0.6 is 0 Å². The van der Waals surface area contributed by atoms with Crippen molar-refractivity contribution in [3.8, 4) is 0 Å². The second-order valence-electron chi connectivity index (χ2n) is 6.83. The van der Waals surface area contributed by atoms with E-state index in [4.69, 9.17) is 0 Å². The fourth-order valence-corrected chi connectivity index (χ4v) is 2.05. The van der Waals surface area contributed by atoms with Gasteiger partial charge in [0.05, 0.1) is 6.54 Å². The lowest BCUT2D eigenvalue weighted by atomic mass is 10.1. The molecule has 124 valence electrons. The van der Waals surface area contributed by atoms with Crippen LogP contribution in [0.3, 0.4) is 0 Å². The molecule has 0 aromatic heterocycles. The molecule has 0 spiro atoms. The monoisotopic (exact) mass is 317 g/mol. The normalized spacial score (nSPS) is 14.0. The molecule has 0 bridgehead atoms. The number of nitrogens with one attached hydrogen (secondary N) is 3. The predicted molar refractivity (Wildman–Crippen MR) is 88.0 cm³/mol. The van der Waals surface area contributed by atoms with Crippen molar-refractivity contribution in [2.75, 3.05) is 11.9 Å². The van der Waals surface area contributed by atoms with Gasteiger partial charge in [0.15, 0.2) is 0 Å². The second kappa shape index (κ2) is 6.81. The highest BCUT2D eigenvalue weighted by molar-refractivity contribution is 5.99. The first-order valence-electron chi connectivity index (χ1n) is 7.75. The van der Waals surface area contributed by atoms with E-state index in [1.165, 1.54) is 0 Å². The first-order valence-corrected chi connectivity index (χ1v) is 7.75. The van der Waals surface area contributed by atoms with Crippen molar-refractivity contribution in [3.63, 3.8) is 0 Å². The van der Waals surface area contributed by atoms with Gasteiger partial charge in [-0.05, 0) is 51.8 Å². The lowest BCUT2D eigenvalue weighted by molar-refractivity contribution is -0.121. The molecule has 23 heavy (non-hydrogen) atoms. The third-order valence-electron chi connectivity index (χ3n) is 3.26. The zero-order valence-electron chi connectivity index (χ0n) is 13.7. The van der Waals surface area contributed by atoms with Crippen LogP contribution in [0.1, 0.15) is 44.0 Å². The molecule has 6 heteroatoms. The van der Waals surface area contributed by atoms with E-state index in [1.54, 1.807) is 24.3 Å². The highest BCUT2D eigenvalue weighted by Crippen LogP contribution is 2.30. The molecule has 1 saturated carbocycles. The third kappa shape index (κ3) is 5.73. The van der Waals surface area contributed by atoms with E-state index in [9.17, 15) is 14.4 Å². The molecule has 0 heterocycles. The Morgan fingerprint density at radius 1 is 1.17 bits per heavy atom. The van der Waals surface area contributed by atoms with Gasteiger partial charge in [0.25, 0.3) is 5.91 Å². The van der Waals surface area contributed by atoms with Crippen molar-refractivity contribution in [2.24, 2.45) is 5.92 Å². The first-order chi connectivity index (χ1) is 10.7. The molecule has 1 aliphatic carbocycles. The summed E-state index contributed by atoms with van der Waals surface area (Å²) >= 11 is 0. The van der Waals surface area contributed by atoms with E-state index in [0.717, 1.165) is 12.8 Å². The second-order valence-corrected chi connectivity index (χ2v) is 6.83. The molecule has 1 aliphatic rings. The van der Waals surface area contributed by atoms with Gasteiger partial charge in [0.1, 0.15) is 0 Å². The van der Waals surface area contributed by atoms with Gasteiger partial charge in [-0.1, -0.05) is 6.07 Å². The van der Waals surface area contributed by atoms with E-state index in [2.05, 4.69) is 16.0 Å². The minimum Gasteiger partial charge on any atom is -0.350 e. The quantitative estimate of drug-likeness (QED) is 0.772. The van der Waals surface area contributed by atoms with Crippen molar-refractivity contribution in [3.05, 3.63) is 29.8 Å². The number of carbonyl (C=O) groups is 3. The molecular weight excluding hydrogens is 294 g/mol.